The quantitative estimate of drug-likeness (QED) is 0.722. The average Bonchev–Trinajstić information content (AvgIpc) is 2.25. The van der Waals surface area contributed by atoms with Gasteiger partial charge < -0.3 is 10.4 Å². The Morgan fingerprint density at radius 2 is 2.00 bits per heavy atom. The third-order valence-corrected chi connectivity index (χ3v) is 3.59. The van der Waals surface area contributed by atoms with Gasteiger partial charge >= 0.3 is 0 Å². The number of rotatable bonds is 5. The van der Waals surface area contributed by atoms with E-state index < -0.39 is 0 Å². The maximum absolute atomic E-state index is 8.85. The van der Waals surface area contributed by atoms with E-state index in [1.54, 1.807) is 0 Å². The van der Waals surface area contributed by atoms with Crippen molar-refractivity contribution in [1.29, 1.82) is 0 Å². The summed E-state index contributed by atoms with van der Waals surface area (Å²) in [6.45, 7) is 5.47. The molecule has 0 bridgehead atoms. The zero-order chi connectivity index (χ0) is 11.3. The predicted molar refractivity (Wildman–Crippen MR) is 64.0 cm³/mol. The van der Waals surface area contributed by atoms with Crippen LogP contribution >= 0.6 is 0 Å². The lowest BCUT2D eigenvalue weighted by molar-refractivity contribution is 0.117. The zero-order valence-electron chi connectivity index (χ0n) is 10.4. The van der Waals surface area contributed by atoms with E-state index in [0.29, 0.717) is 18.1 Å². The molecule has 0 saturated heterocycles. The second-order valence-corrected chi connectivity index (χ2v) is 4.90. The highest BCUT2D eigenvalue weighted by Crippen LogP contribution is 2.23. The first-order valence-corrected chi connectivity index (χ1v) is 6.23. The molecule has 1 aliphatic carbocycles. The van der Waals surface area contributed by atoms with Crippen LogP contribution in [0.1, 0.15) is 39.5 Å². The summed E-state index contributed by atoms with van der Waals surface area (Å²) >= 11 is 0. The maximum Gasteiger partial charge on any atom is 0.0556 e. The summed E-state index contributed by atoms with van der Waals surface area (Å²) < 4.78 is 0. The third-order valence-electron chi connectivity index (χ3n) is 3.59. The van der Waals surface area contributed by atoms with Crippen LogP contribution < -0.4 is 5.32 Å². The Morgan fingerprint density at radius 3 is 2.60 bits per heavy atom. The van der Waals surface area contributed by atoms with Gasteiger partial charge in [0.2, 0.25) is 0 Å². The number of nitrogens with zero attached hydrogens (tertiary/aromatic N) is 1. The minimum Gasteiger partial charge on any atom is -0.395 e. The maximum atomic E-state index is 8.85. The van der Waals surface area contributed by atoms with Gasteiger partial charge in [-0.1, -0.05) is 12.8 Å². The Bertz CT molecular complexity index is 173. The monoisotopic (exact) mass is 214 g/mol. The fourth-order valence-electron chi connectivity index (χ4n) is 2.47. The van der Waals surface area contributed by atoms with Crippen LogP contribution in [0.15, 0.2) is 0 Å². The molecule has 0 spiro atoms. The Hall–Kier alpha value is -0.120. The van der Waals surface area contributed by atoms with Crippen molar-refractivity contribution < 1.29 is 5.11 Å². The molecule has 2 N–H and O–H groups in total. The van der Waals surface area contributed by atoms with Crippen LogP contribution in [0.2, 0.25) is 0 Å². The molecule has 0 heterocycles. The molecule has 0 radical (unpaired) electrons. The molecule has 1 saturated carbocycles. The third kappa shape index (κ3) is 3.74. The van der Waals surface area contributed by atoms with Gasteiger partial charge in [0.1, 0.15) is 0 Å². The van der Waals surface area contributed by atoms with E-state index in [1.807, 2.05) is 0 Å². The van der Waals surface area contributed by atoms with E-state index in [1.165, 1.54) is 25.7 Å². The minimum atomic E-state index is 0.245. The van der Waals surface area contributed by atoms with Gasteiger partial charge in [0.15, 0.2) is 0 Å². The number of likely N-dealkylation sites (N-methyl/N-ethyl adjacent to an activating group) is 1. The van der Waals surface area contributed by atoms with Crippen molar-refractivity contribution in [3.63, 3.8) is 0 Å². The van der Waals surface area contributed by atoms with E-state index in [-0.39, 0.29) is 6.61 Å². The largest absolute Gasteiger partial charge is 0.395 e. The summed E-state index contributed by atoms with van der Waals surface area (Å²) in [5.74, 6) is 0. The van der Waals surface area contributed by atoms with Crippen molar-refractivity contribution >= 4 is 0 Å². The standard InChI is InChI=1S/C12H26N2O/c1-10(2)14(3)12-7-5-4-6-11(12)13-8-9-15/h10-13,15H,4-9H2,1-3H3/t11-,12-/m1/s1. The summed E-state index contributed by atoms with van der Waals surface area (Å²) in [4.78, 5) is 2.47. The van der Waals surface area contributed by atoms with Crippen molar-refractivity contribution in [2.75, 3.05) is 20.2 Å². The molecule has 0 aromatic heterocycles. The van der Waals surface area contributed by atoms with Gasteiger partial charge in [0, 0.05) is 24.7 Å². The van der Waals surface area contributed by atoms with Crippen LogP contribution in [0.25, 0.3) is 0 Å². The van der Waals surface area contributed by atoms with Gasteiger partial charge in [0.25, 0.3) is 0 Å². The second-order valence-electron chi connectivity index (χ2n) is 4.90. The summed E-state index contributed by atoms with van der Waals surface area (Å²) in [5.41, 5.74) is 0. The Morgan fingerprint density at radius 1 is 1.33 bits per heavy atom. The molecule has 15 heavy (non-hydrogen) atoms. The highest BCUT2D eigenvalue weighted by molar-refractivity contribution is 4.88. The summed E-state index contributed by atoms with van der Waals surface area (Å²) in [6.07, 6.45) is 5.21. The van der Waals surface area contributed by atoms with Gasteiger partial charge in [-0.2, -0.15) is 0 Å². The van der Waals surface area contributed by atoms with Crippen molar-refractivity contribution in [3.05, 3.63) is 0 Å². The Labute approximate surface area is 93.9 Å². The van der Waals surface area contributed by atoms with Gasteiger partial charge in [-0.3, -0.25) is 4.90 Å². The summed E-state index contributed by atoms with van der Waals surface area (Å²) in [5, 5.41) is 12.3. The van der Waals surface area contributed by atoms with Crippen LogP contribution in [0, 0.1) is 0 Å². The van der Waals surface area contributed by atoms with Crippen molar-refractivity contribution in [2.24, 2.45) is 0 Å². The minimum absolute atomic E-state index is 0.245. The molecule has 0 aromatic carbocycles. The molecular formula is C12H26N2O. The van der Waals surface area contributed by atoms with E-state index >= 15 is 0 Å². The van der Waals surface area contributed by atoms with Crippen LogP contribution in [0.5, 0.6) is 0 Å². The lowest BCUT2D eigenvalue weighted by Crippen LogP contribution is -2.52. The van der Waals surface area contributed by atoms with Gasteiger partial charge in [-0.25, -0.2) is 0 Å². The first kappa shape index (κ1) is 12.9. The van der Waals surface area contributed by atoms with E-state index in [4.69, 9.17) is 5.11 Å². The fraction of sp³-hybridized carbons (Fsp3) is 1.00. The zero-order valence-corrected chi connectivity index (χ0v) is 10.4. The summed E-state index contributed by atoms with van der Waals surface area (Å²) in [6, 6.07) is 1.81. The lowest BCUT2D eigenvalue weighted by atomic mass is 9.88. The first-order valence-electron chi connectivity index (χ1n) is 6.23. The highest BCUT2D eigenvalue weighted by Gasteiger charge is 2.28. The van der Waals surface area contributed by atoms with Gasteiger partial charge in [0.05, 0.1) is 6.61 Å². The second kappa shape index (κ2) is 6.46. The van der Waals surface area contributed by atoms with Crippen LogP contribution in [0.3, 0.4) is 0 Å². The van der Waals surface area contributed by atoms with Gasteiger partial charge in [-0.05, 0) is 33.7 Å². The smallest absolute Gasteiger partial charge is 0.0556 e. The number of aliphatic hydroxyl groups is 1. The number of hydrogen-bond donors (Lipinski definition) is 2. The van der Waals surface area contributed by atoms with Crippen molar-refractivity contribution in [3.8, 4) is 0 Å². The molecule has 0 aromatic rings. The Kier molecular flexibility index (Phi) is 5.58. The van der Waals surface area contributed by atoms with Crippen LogP contribution in [-0.4, -0.2) is 48.3 Å². The van der Waals surface area contributed by atoms with Crippen LogP contribution in [-0.2, 0) is 0 Å². The van der Waals surface area contributed by atoms with E-state index in [0.717, 1.165) is 6.54 Å². The molecule has 0 aliphatic heterocycles. The first-order chi connectivity index (χ1) is 7.16. The molecule has 90 valence electrons. The molecule has 0 unspecified atom stereocenters. The van der Waals surface area contributed by atoms with Crippen LogP contribution in [0.4, 0.5) is 0 Å². The van der Waals surface area contributed by atoms with Gasteiger partial charge in [-0.15, -0.1) is 0 Å². The van der Waals surface area contributed by atoms with E-state index in [9.17, 15) is 0 Å². The number of nitrogens with one attached hydrogen (secondary N) is 1. The molecule has 3 nitrogen and oxygen atoms in total. The molecule has 1 fully saturated rings. The highest BCUT2D eigenvalue weighted by atomic mass is 16.3. The molecule has 1 rings (SSSR count). The molecular weight excluding hydrogens is 188 g/mol. The lowest BCUT2D eigenvalue weighted by Gasteiger charge is -2.40. The Balaban J connectivity index is 2.49. The SMILES string of the molecule is CC(C)N(C)[C@@H]1CCCC[C@H]1NCCO. The van der Waals surface area contributed by atoms with Crippen molar-refractivity contribution in [1.82, 2.24) is 10.2 Å². The molecule has 1 aliphatic rings. The van der Waals surface area contributed by atoms with E-state index in [2.05, 4.69) is 31.1 Å². The van der Waals surface area contributed by atoms with Crippen molar-refractivity contribution in [2.45, 2.75) is 57.7 Å². The number of aliphatic hydroxyl groups excluding tert-OH is 1. The molecule has 0 amide bonds. The topological polar surface area (TPSA) is 35.5 Å². The molecule has 3 heteroatoms. The molecule has 2 atom stereocenters. The fourth-order valence-corrected chi connectivity index (χ4v) is 2.47. The average molecular weight is 214 g/mol. The number of hydrogen-bond acceptors (Lipinski definition) is 3. The predicted octanol–water partition coefficient (Wildman–Crippen LogP) is 1.22. The summed E-state index contributed by atoms with van der Waals surface area (Å²) in [7, 11) is 2.22. The normalized spacial score (nSPS) is 27.6.